The predicted octanol–water partition coefficient (Wildman–Crippen LogP) is 4.89. The summed E-state index contributed by atoms with van der Waals surface area (Å²) in [4.78, 5) is 24.3. The summed E-state index contributed by atoms with van der Waals surface area (Å²) in [6, 6.07) is 9.36. The first-order chi connectivity index (χ1) is 11.8. The van der Waals surface area contributed by atoms with E-state index >= 15 is 0 Å². The van der Waals surface area contributed by atoms with Crippen LogP contribution < -0.4 is 10.9 Å². The number of halogens is 1. The summed E-state index contributed by atoms with van der Waals surface area (Å²) in [7, 11) is 0. The minimum Gasteiger partial charge on any atom is -0.326 e. The Kier molecular flexibility index (Phi) is 6.59. The standard InChI is InChI=1S/C20H25BrN2O2/c1-13(2)16-6-5-7-17(14(3)4)20(16)22-18(24)10-11-23-12-15(21)8-9-19(23)25/h5-9,12-14H,10-11H2,1-4H3,(H,22,24). The first-order valence-corrected chi connectivity index (χ1v) is 9.37. The van der Waals surface area contributed by atoms with Gasteiger partial charge >= 0.3 is 0 Å². The second-order valence-corrected chi connectivity index (χ2v) is 7.71. The number of aryl methyl sites for hydroxylation is 1. The highest BCUT2D eigenvalue weighted by Crippen LogP contribution is 2.32. The molecule has 4 nitrogen and oxygen atoms in total. The maximum absolute atomic E-state index is 12.5. The van der Waals surface area contributed by atoms with Gasteiger partial charge in [-0.15, -0.1) is 0 Å². The van der Waals surface area contributed by atoms with E-state index in [0.29, 0.717) is 18.4 Å². The number of benzene rings is 1. The van der Waals surface area contributed by atoms with Crippen LogP contribution in [0.4, 0.5) is 5.69 Å². The molecule has 0 saturated heterocycles. The van der Waals surface area contributed by atoms with Crippen LogP contribution in [0.25, 0.3) is 0 Å². The number of rotatable bonds is 6. The fourth-order valence-electron chi connectivity index (χ4n) is 2.80. The second-order valence-electron chi connectivity index (χ2n) is 6.80. The van der Waals surface area contributed by atoms with Crippen molar-refractivity contribution in [2.24, 2.45) is 0 Å². The lowest BCUT2D eigenvalue weighted by Crippen LogP contribution is -2.23. The van der Waals surface area contributed by atoms with Gasteiger partial charge < -0.3 is 9.88 Å². The van der Waals surface area contributed by atoms with Crippen LogP contribution in [0.3, 0.4) is 0 Å². The van der Waals surface area contributed by atoms with Crippen LogP contribution in [-0.2, 0) is 11.3 Å². The molecule has 5 heteroatoms. The lowest BCUT2D eigenvalue weighted by atomic mass is 9.92. The average Bonchev–Trinajstić information content (AvgIpc) is 2.55. The van der Waals surface area contributed by atoms with Gasteiger partial charge in [0, 0.05) is 35.4 Å². The van der Waals surface area contributed by atoms with Gasteiger partial charge in [0.1, 0.15) is 0 Å². The van der Waals surface area contributed by atoms with Crippen molar-refractivity contribution in [3.63, 3.8) is 0 Å². The molecule has 134 valence electrons. The number of hydrogen-bond acceptors (Lipinski definition) is 2. The maximum atomic E-state index is 12.5. The van der Waals surface area contributed by atoms with Crippen LogP contribution in [0.1, 0.15) is 57.1 Å². The first-order valence-electron chi connectivity index (χ1n) is 8.58. The van der Waals surface area contributed by atoms with E-state index < -0.39 is 0 Å². The fraction of sp³-hybridized carbons (Fsp3) is 0.400. The van der Waals surface area contributed by atoms with Crippen LogP contribution >= 0.6 is 15.9 Å². The Balaban J connectivity index is 2.17. The van der Waals surface area contributed by atoms with Crippen molar-refractivity contribution in [2.75, 3.05) is 5.32 Å². The summed E-state index contributed by atoms with van der Waals surface area (Å²) in [6.45, 7) is 8.84. The van der Waals surface area contributed by atoms with Gasteiger partial charge in [-0.2, -0.15) is 0 Å². The minimum atomic E-state index is -0.110. The number of carbonyl (C=O) groups is 1. The summed E-state index contributed by atoms with van der Waals surface area (Å²) in [5, 5.41) is 3.08. The number of nitrogens with zero attached hydrogens (tertiary/aromatic N) is 1. The molecule has 0 saturated carbocycles. The molecule has 1 N–H and O–H groups in total. The zero-order valence-corrected chi connectivity index (χ0v) is 16.8. The van der Waals surface area contributed by atoms with Crippen molar-refractivity contribution in [2.45, 2.75) is 52.5 Å². The summed E-state index contributed by atoms with van der Waals surface area (Å²) in [5.41, 5.74) is 3.08. The third-order valence-electron chi connectivity index (χ3n) is 4.16. The van der Waals surface area contributed by atoms with Crippen molar-refractivity contribution in [1.29, 1.82) is 0 Å². The van der Waals surface area contributed by atoms with Gasteiger partial charge in [-0.25, -0.2) is 0 Å². The van der Waals surface area contributed by atoms with E-state index in [1.807, 2.05) is 6.07 Å². The van der Waals surface area contributed by atoms with Crippen LogP contribution in [0.2, 0.25) is 0 Å². The normalized spacial score (nSPS) is 11.2. The molecule has 0 fully saturated rings. The van der Waals surface area contributed by atoms with Gasteiger partial charge in [0.15, 0.2) is 0 Å². The SMILES string of the molecule is CC(C)c1cccc(C(C)C)c1NC(=O)CCn1cc(Br)ccc1=O. The molecular formula is C20H25BrN2O2. The monoisotopic (exact) mass is 404 g/mol. The maximum Gasteiger partial charge on any atom is 0.250 e. The number of amides is 1. The fourth-order valence-corrected chi connectivity index (χ4v) is 3.18. The molecule has 1 amide bonds. The van der Waals surface area contributed by atoms with E-state index in [1.165, 1.54) is 6.07 Å². The smallest absolute Gasteiger partial charge is 0.250 e. The molecule has 0 aliphatic heterocycles. The number of para-hydroxylation sites is 1. The van der Waals surface area contributed by atoms with Gasteiger partial charge in [-0.05, 0) is 45.0 Å². The third kappa shape index (κ3) is 5.05. The Bertz CT molecular complexity index is 783. The molecule has 0 spiro atoms. The summed E-state index contributed by atoms with van der Waals surface area (Å²) in [6.07, 6.45) is 1.96. The Morgan fingerprint density at radius 1 is 1.08 bits per heavy atom. The quantitative estimate of drug-likeness (QED) is 0.744. The third-order valence-corrected chi connectivity index (χ3v) is 4.63. The molecule has 1 heterocycles. The first kappa shape index (κ1) is 19.4. The van der Waals surface area contributed by atoms with E-state index in [4.69, 9.17) is 0 Å². The van der Waals surface area contributed by atoms with E-state index in [9.17, 15) is 9.59 Å². The molecule has 25 heavy (non-hydrogen) atoms. The topological polar surface area (TPSA) is 51.1 Å². The summed E-state index contributed by atoms with van der Waals surface area (Å²) < 4.78 is 2.36. The van der Waals surface area contributed by atoms with Crippen LogP contribution in [-0.4, -0.2) is 10.5 Å². The molecule has 1 aromatic heterocycles. The van der Waals surface area contributed by atoms with E-state index in [0.717, 1.165) is 21.3 Å². The molecule has 0 aliphatic carbocycles. The van der Waals surface area contributed by atoms with E-state index in [1.54, 1.807) is 16.8 Å². The molecule has 0 aliphatic rings. The average molecular weight is 405 g/mol. The highest BCUT2D eigenvalue weighted by atomic mass is 79.9. The van der Waals surface area contributed by atoms with E-state index in [-0.39, 0.29) is 17.9 Å². The second kappa shape index (κ2) is 8.48. The van der Waals surface area contributed by atoms with Gasteiger partial charge in [-0.1, -0.05) is 45.9 Å². The highest BCUT2D eigenvalue weighted by molar-refractivity contribution is 9.10. The Hall–Kier alpha value is -1.88. The van der Waals surface area contributed by atoms with Crippen LogP contribution in [0.5, 0.6) is 0 Å². The number of hydrogen-bond donors (Lipinski definition) is 1. The van der Waals surface area contributed by atoms with Gasteiger partial charge in [0.2, 0.25) is 5.91 Å². The highest BCUT2D eigenvalue weighted by Gasteiger charge is 2.16. The number of aromatic nitrogens is 1. The van der Waals surface area contributed by atoms with Crippen LogP contribution in [0, 0.1) is 0 Å². The summed E-state index contributed by atoms with van der Waals surface area (Å²) >= 11 is 3.35. The molecule has 2 rings (SSSR count). The Morgan fingerprint density at radius 2 is 1.68 bits per heavy atom. The Morgan fingerprint density at radius 3 is 2.24 bits per heavy atom. The van der Waals surface area contributed by atoms with Crippen molar-refractivity contribution >= 4 is 27.5 Å². The van der Waals surface area contributed by atoms with Crippen molar-refractivity contribution in [3.05, 3.63) is 62.5 Å². The molecular weight excluding hydrogens is 380 g/mol. The number of carbonyl (C=O) groups excluding carboxylic acids is 1. The molecule has 0 unspecified atom stereocenters. The number of nitrogens with one attached hydrogen (secondary N) is 1. The number of anilines is 1. The Labute approximate surface area is 157 Å². The van der Waals surface area contributed by atoms with Gasteiger partial charge in [0.05, 0.1) is 0 Å². The predicted molar refractivity (Wildman–Crippen MR) is 106 cm³/mol. The lowest BCUT2D eigenvalue weighted by molar-refractivity contribution is -0.116. The minimum absolute atomic E-state index is 0.0816. The molecule has 0 radical (unpaired) electrons. The zero-order valence-electron chi connectivity index (χ0n) is 15.2. The zero-order chi connectivity index (χ0) is 18.6. The van der Waals surface area contributed by atoms with Gasteiger partial charge in [-0.3, -0.25) is 9.59 Å². The molecule has 0 bridgehead atoms. The molecule has 2 aromatic rings. The largest absolute Gasteiger partial charge is 0.326 e. The molecule has 1 aromatic carbocycles. The van der Waals surface area contributed by atoms with Gasteiger partial charge in [0.25, 0.3) is 5.56 Å². The van der Waals surface area contributed by atoms with E-state index in [2.05, 4.69) is 61.1 Å². The summed E-state index contributed by atoms with van der Waals surface area (Å²) in [5.74, 6) is 0.560. The van der Waals surface area contributed by atoms with Crippen molar-refractivity contribution in [3.8, 4) is 0 Å². The van der Waals surface area contributed by atoms with Crippen LogP contribution in [0.15, 0.2) is 45.8 Å². The van der Waals surface area contributed by atoms with Crippen molar-refractivity contribution < 1.29 is 4.79 Å². The van der Waals surface area contributed by atoms with Crippen molar-refractivity contribution in [1.82, 2.24) is 4.57 Å². The molecule has 0 atom stereocenters. The lowest BCUT2D eigenvalue weighted by Gasteiger charge is -2.20. The number of pyridine rings is 1.